The zero-order valence-electron chi connectivity index (χ0n) is 23.3. The summed E-state index contributed by atoms with van der Waals surface area (Å²) in [6.07, 6.45) is 2.45. The van der Waals surface area contributed by atoms with E-state index in [1.54, 1.807) is 0 Å². The summed E-state index contributed by atoms with van der Waals surface area (Å²) in [5.74, 6) is 0.329. The largest absolute Gasteiger partial charge is 0.350 e. The summed E-state index contributed by atoms with van der Waals surface area (Å²) in [4.78, 5) is 28.8. The molecule has 208 valence electrons. The molecular formula is C32H41ClN4O2. The molecule has 1 fully saturated rings. The standard InChI is InChI=1S/C32H41ClN4O2/c1-4-23(24-8-6-5-7-9-24)21-37-17-15-29(36-30(32(37)39)14-16-34-22(2)3)20-35-31(38)27-11-10-26-19-28(33)13-12-25(26)18-27/h5-13,18-19,22-23,29-30,34,36H,4,14-17,20-21H2,1-3H3,(H,35,38). The summed E-state index contributed by atoms with van der Waals surface area (Å²) in [6, 6.07) is 21.8. The van der Waals surface area contributed by atoms with Gasteiger partial charge in [0.05, 0.1) is 6.04 Å². The fraction of sp³-hybridized carbons (Fsp3) is 0.438. The van der Waals surface area contributed by atoms with E-state index in [2.05, 4.69) is 61.0 Å². The molecule has 0 aliphatic carbocycles. The second-order valence-corrected chi connectivity index (χ2v) is 11.3. The lowest BCUT2D eigenvalue weighted by molar-refractivity contribution is -0.133. The van der Waals surface area contributed by atoms with Crippen molar-refractivity contribution in [1.29, 1.82) is 0 Å². The molecule has 1 heterocycles. The topological polar surface area (TPSA) is 73.5 Å². The van der Waals surface area contributed by atoms with Crippen molar-refractivity contribution in [2.75, 3.05) is 26.2 Å². The normalized spacial score (nSPS) is 18.8. The Kier molecular flexibility index (Phi) is 10.4. The van der Waals surface area contributed by atoms with Crippen LogP contribution < -0.4 is 16.0 Å². The number of halogens is 1. The fourth-order valence-electron chi connectivity index (χ4n) is 5.28. The monoisotopic (exact) mass is 548 g/mol. The Bertz CT molecular complexity index is 1250. The van der Waals surface area contributed by atoms with Crippen LogP contribution in [-0.4, -0.2) is 61.0 Å². The van der Waals surface area contributed by atoms with Gasteiger partial charge in [-0.1, -0.05) is 74.8 Å². The molecule has 1 aliphatic rings. The minimum Gasteiger partial charge on any atom is -0.350 e. The molecule has 3 unspecified atom stereocenters. The van der Waals surface area contributed by atoms with Crippen molar-refractivity contribution in [3.05, 3.63) is 82.9 Å². The van der Waals surface area contributed by atoms with E-state index in [0.29, 0.717) is 48.6 Å². The van der Waals surface area contributed by atoms with Crippen LogP contribution in [0.4, 0.5) is 0 Å². The van der Waals surface area contributed by atoms with Gasteiger partial charge in [0.1, 0.15) is 0 Å². The molecule has 39 heavy (non-hydrogen) atoms. The second kappa shape index (κ2) is 13.9. The van der Waals surface area contributed by atoms with Crippen molar-refractivity contribution in [2.24, 2.45) is 0 Å². The highest BCUT2D eigenvalue weighted by molar-refractivity contribution is 6.31. The average molecular weight is 549 g/mol. The van der Waals surface area contributed by atoms with Crippen LogP contribution in [0.25, 0.3) is 10.8 Å². The Morgan fingerprint density at radius 1 is 1.08 bits per heavy atom. The van der Waals surface area contributed by atoms with E-state index >= 15 is 0 Å². The maximum atomic E-state index is 13.7. The molecule has 0 bridgehead atoms. The van der Waals surface area contributed by atoms with Gasteiger partial charge in [-0.2, -0.15) is 0 Å². The first-order valence-electron chi connectivity index (χ1n) is 14.1. The SMILES string of the molecule is CCC(CN1CCC(CNC(=O)c2ccc3cc(Cl)ccc3c2)NC(CCNC(C)C)C1=O)c1ccccc1. The lowest BCUT2D eigenvalue weighted by Gasteiger charge is -2.29. The number of hydrogen-bond acceptors (Lipinski definition) is 4. The number of benzene rings is 3. The molecule has 3 aromatic carbocycles. The fourth-order valence-corrected chi connectivity index (χ4v) is 5.46. The maximum Gasteiger partial charge on any atom is 0.251 e. The van der Waals surface area contributed by atoms with Crippen LogP contribution in [0.2, 0.25) is 5.02 Å². The van der Waals surface area contributed by atoms with Gasteiger partial charge in [-0.15, -0.1) is 0 Å². The third-order valence-corrected chi connectivity index (χ3v) is 7.79. The van der Waals surface area contributed by atoms with Crippen molar-refractivity contribution >= 4 is 34.2 Å². The molecule has 7 heteroatoms. The summed E-state index contributed by atoms with van der Waals surface area (Å²) >= 11 is 6.10. The number of carbonyl (C=O) groups excluding carboxylic acids is 2. The van der Waals surface area contributed by atoms with Crippen molar-refractivity contribution < 1.29 is 9.59 Å². The van der Waals surface area contributed by atoms with E-state index in [9.17, 15) is 9.59 Å². The molecule has 1 saturated heterocycles. The third kappa shape index (κ3) is 8.04. The highest BCUT2D eigenvalue weighted by Crippen LogP contribution is 2.23. The highest BCUT2D eigenvalue weighted by Gasteiger charge is 2.32. The molecule has 1 aliphatic heterocycles. The van der Waals surface area contributed by atoms with E-state index in [-0.39, 0.29) is 23.9 Å². The van der Waals surface area contributed by atoms with E-state index in [1.165, 1.54) is 5.56 Å². The molecule has 3 atom stereocenters. The van der Waals surface area contributed by atoms with Crippen molar-refractivity contribution in [3.63, 3.8) is 0 Å². The van der Waals surface area contributed by atoms with Crippen molar-refractivity contribution in [1.82, 2.24) is 20.9 Å². The van der Waals surface area contributed by atoms with Crippen molar-refractivity contribution in [2.45, 2.75) is 64.1 Å². The number of nitrogens with zero attached hydrogens (tertiary/aromatic N) is 1. The smallest absolute Gasteiger partial charge is 0.251 e. The molecular weight excluding hydrogens is 508 g/mol. The van der Waals surface area contributed by atoms with Gasteiger partial charge >= 0.3 is 0 Å². The van der Waals surface area contributed by atoms with Crippen LogP contribution in [0.5, 0.6) is 0 Å². The van der Waals surface area contributed by atoms with E-state index in [0.717, 1.165) is 30.2 Å². The Labute approximate surface area is 237 Å². The minimum atomic E-state index is -0.292. The molecule has 4 rings (SSSR count). The molecule has 2 amide bonds. The zero-order valence-corrected chi connectivity index (χ0v) is 24.0. The van der Waals surface area contributed by atoms with Crippen LogP contribution in [0.1, 0.15) is 61.9 Å². The maximum absolute atomic E-state index is 13.7. The van der Waals surface area contributed by atoms with Gasteiger partial charge in [0, 0.05) is 48.2 Å². The molecule has 3 N–H and O–H groups in total. The number of carbonyl (C=O) groups is 2. The van der Waals surface area contributed by atoms with E-state index in [1.807, 2.05) is 47.4 Å². The first kappa shape index (κ1) is 29.1. The van der Waals surface area contributed by atoms with Gasteiger partial charge in [-0.3, -0.25) is 9.59 Å². The van der Waals surface area contributed by atoms with Crippen LogP contribution in [-0.2, 0) is 4.79 Å². The second-order valence-electron chi connectivity index (χ2n) is 10.8. The lowest BCUT2D eigenvalue weighted by atomic mass is 9.95. The van der Waals surface area contributed by atoms with Crippen LogP contribution in [0.3, 0.4) is 0 Å². The van der Waals surface area contributed by atoms with Gasteiger partial charge < -0.3 is 20.9 Å². The molecule has 0 radical (unpaired) electrons. The molecule has 6 nitrogen and oxygen atoms in total. The van der Waals surface area contributed by atoms with Crippen LogP contribution in [0, 0.1) is 0 Å². The minimum absolute atomic E-state index is 0.00279. The predicted molar refractivity (Wildman–Crippen MR) is 160 cm³/mol. The first-order chi connectivity index (χ1) is 18.8. The quantitative estimate of drug-likeness (QED) is 0.301. The number of fused-ring (bicyclic) bond motifs is 1. The summed E-state index contributed by atoms with van der Waals surface area (Å²) < 4.78 is 0. The summed E-state index contributed by atoms with van der Waals surface area (Å²) in [6.45, 7) is 8.99. The Morgan fingerprint density at radius 3 is 2.56 bits per heavy atom. The van der Waals surface area contributed by atoms with Gasteiger partial charge in [-0.05, 0) is 66.4 Å². The zero-order chi connectivity index (χ0) is 27.8. The molecule has 3 aromatic rings. The molecule has 0 saturated carbocycles. The Balaban J connectivity index is 1.43. The number of rotatable bonds is 11. The van der Waals surface area contributed by atoms with Crippen LogP contribution in [0.15, 0.2) is 66.7 Å². The summed E-state index contributed by atoms with van der Waals surface area (Å²) in [5.41, 5.74) is 1.88. The molecule has 0 spiro atoms. The number of nitrogens with one attached hydrogen (secondary N) is 3. The van der Waals surface area contributed by atoms with E-state index in [4.69, 9.17) is 11.6 Å². The van der Waals surface area contributed by atoms with Gasteiger partial charge in [0.2, 0.25) is 5.91 Å². The first-order valence-corrected chi connectivity index (χ1v) is 14.5. The number of amides is 2. The van der Waals surface area contributed by atoms with Gasteiger partial charge in [0.25, 0.3) is 5.91 Å². The Morgan fingerprint density at radius 2 is 1.82 bits per heavy atom. The average Bonchev–Trinajstić information content (AvgIpc) is 3.08. The highest BCUT2D eigenvalue weighted by atomic mass is 35.5. The summed E-state index contributed by atoms with van der Waals surface area (Å²) in [7, 11) is 0. The van der Waals surface area contributed by atoms with E-state index < -0.39 is 0 Å². The summed E-state index contributed by atoms with van der Waals surface area (Å²) in [5, 5.41) is 12.8. The Hall–Kier alpha value is -2.93. The van der Waals surface area contributed by atoms with Crippen molar-refractivity contribution in [3.8, 4) is 0 Å². The predicted octanol–water partition coefficient (Wildman–Crippen LogP) is 5.36. The van der Waals surface area contributed by atoms with Crippen LogP contribution >= 0.6 is 11.6 Å². The lowest BCUT2D eigenvalue weighted by Crippen LogP contribution is -2.50. The third-order valence-electron chi connectivity index (χ3n) is 7.56. The number of hydrogen-bond donors (Lipinski definition) is 3. The molecule has 0 aromatic heterocycles. The van der Waals surface area contributed by atoms with Gasteiger partial charge in [0.15, 0.2) is 0 Å². The van der Waals surface area contributed by atoms with Gasteiger partial charge in [-0.25, -0.2) is 0 Å².